The van der Waals surface area contributed by atoms with Crippen molar-refractivity contribution in [1.29, 1.82) is 0 Å². The fourth-order valence-corrected chi connectivity index (χ4v) is 4.91. The predicted molar refractivity (Wildman–Crippen MR) is 152 cm³/mol. The largest absolute Gasteiger partial charge is 0.353 e. The molecule has 196 valence electrons. The van der Waals surface area contributed by atoms with Crippen LogP contribution in [0.3, 0.4) is 0 Å². The van der Waals surface area contributed by atoms with E-state index in [-0.39, 0.29) is 11.9 Å². The molecule has 1 atom stereocenters. The Kier molecular flexibility index (Phi) is 10.5. The zero-order valence-electron chi connectivity index (χ0n) is 21.9. The van der Waals surface area contributed by atoms with Gasteiger partial charge in [-0.1, -0.05) is 36.4 Å². The number of carbonyl (C=O) groups excluding carboxylic acids is 1. The van der Waals surface area contributed by atoms with Crippen LogP contribution in [0.2, 0.25) is 0 Å². The zero-order valence-corrected chi connectivity index (χ0v) is 21.9. The molecule has 1 aromatic heterocycles. The number of allylic oxidation sites excluding steroid dienone is 5. The van der Waals surface area contributed by atoms with E-state index in [2.05, 4.69) is 62.3 Å². The number of pyridine rings is 1. The van der Waals surface area contributed by atoms with Crippen molar-refractivity contribution in [2.24, 2.45) is 4.99 Å². The van der Waals surface area contributed by atoms with Crippen LogP contribution in [0.15, 0.2) is 83.3 Å². The Morgan fingerprint density at radius 1 is 1.14 bits per heavy atom. The Morgan fingerprint density at radius 3 is 2.84 bits per heavy atom. The van der Waals surface area contributed by atoms with Crippen molar-refractivity contribution in [2.45, 2.75) is 50.6 Å². The molecule has 0 spiro atoms. The van der Waals surface area contributed by atoms with Crippen LogP contribution in [-0.2, 0) is 4.79 Å². The Labute approximate surface area is 221 Å². The van der Waals surface area contributed by atoms with Crippen LogP contribution in [0.5, 0.6) is 0 Å². The van der Waals surface area contributed by atoms with E-state index in [1.165, 1.54) is 18.4 Å². The lowest BCUT2D eigenvalue weighted by molar-refractivity contribution is -0.117. The van der Waals surface area contributed by atoms with Crippen LogP contribution in [-0.4, -0.2) is 67.4 Å². The summed E-state index contributed by atoms with van der Waals surface area (Å²) in [5, 5.41) is 9.90. The second-order valence-electron chi connectivity index (χ2n) is 9.84. The number of nitrogens with zero attached hydrogens (tertiary/aromatic N) is 3. The van der Waals surface area contributed by atoms with Gasteiger partial charge in [0, 0.05) is 49.3 Å². The Morgan fingerprint density at radius 2 is 2.03 bits per heavy atom. The minimum Gasteiger partial charge on any atom is -0.353 e. The summed E-state index contributed by atoms with van der Waals surface area (Å²) in [4.78, 5) is 24.5. The van der Waals surface area contributed by atoms with Crippen LogP contribution in [0.1, 0.15) is 44.1 Å². The highest BCUT2D eigenvalue weighted by molar-refractivity contribution is 5.99. The van der Waals surface area contributed by atoms with E-state index in [1.807, 2.05) is 36.6 Å². The lowest BCUT2D eigenvalue weighted by atomic mass is 10.0. The van der Waals surface area contributed by atoms with Crippen molar-refractivity contribution in [1.82, 2.24) is 25.8 Å². The smallest absolute Gasteiger partial charge is 0.251 e. The molecule has 1 unspecified atom stereocenters. The topological polar surface area (TPSA) is 81.6 Å². The van der Waals surface area contributed by atoms with Crippen molar-refractivity contribution in [3.05, 3.63) is 83.9 Å². The van der Waals surface area contributed by atoms with E-state index in [9.17, 15) is 4.79 Å². The minimum absolute atomic E-state index is 0.0401. The summed E-state index contributed by atoms with van der Waals surface area (Å²) in [6, 6.07) is 4.64. The summed E-state index contributed by atoms with van der Waals surface area (Å²) in [6.07, 6.45) is 25.7. The summed E-state index contributed by atoms with van der Waals surface area (Å²) in [5.74, 6) is -0.0401. The van der Waals surface area contributed by atoms with Gasteiger partial charge in [-0.2, -0.15) is 0 Å². The summed E-state index contributed by atoms with van der Waals surface area (Å²) >= 11 is 0. The van der Waals surface area contributed by atoms with Crippen LogP contribution >= 0.6 is 0 Å². The first-order chi connectivity index (χ1) is 18.2. The van der Waals surface area contributed by atoms with Gasteiger partial charge in [-0.3, -0.25) is 19.7 Å². The third kappa shape index (κ3) is 8.65. The van der Waals surface area contributed by atoms with Gasteiger partial charge in [0.2, 0.25) is 0 Å². The van der Waals surface area contributed by atoms with Crippen LogP contribution in [0, 0.1) is 0 Å². The lowest BCUT2D eigenvalue weighted by Crippen LogP contribution is -2.41. The van der Waals surface area contributed by atoms with Crippen molar-refractivity contribution in [3.63, 3.8) is 0 Å². The van der Waals surface area contributed by atoms with Gasteiger partial charge in [0.1, 0.15) is 0 Å². The number of likely N-dealkylation sites (tertiary alicyclic amines) is 1. The number of aromatic nitrogens is 1. The molecule has 3 N–H and O–H groups in total. The normalized spacial score (nSPS) is 24.2. The van der Waals surface area contributed by atoms with Crippen molar-refractivity contribution < 1.29 is 4.79 Å². The fourth-order valence-electron chi connectivity index (χ4n) is 4.91. The van der Waals surface area contributed by atoms with Crippen LogP contribution in [0.4, 0.5) is 0 Å². The van der Waals surface area contributed by atoms with Gasteiger partial charge in [-0.05, 0) is 87.5 Å². The zero-order chi connectivity index (χ0) is 25.7. The molecule has 1 aliphatic carbocycles. The molecular formula is C30H40N6O. The van der Waals surface area contributed by atoms with E-state index in [4.69, 9.17) is 0 Å². The molecule has 1 aromatic rings. The predicted octanol–water partition coefficient (Wildman–Crippen LogP) is 3.76. The molecule has 0 bridgehead atoms. The molecule has 3 aliphatic rings. The summed E-state index contributed by atoms with van der Waals surface area (Å²) in [7, 11) is 2.05. The standard InChI is InChI=1S/C30H40N6O/c1-31-28-13-17-36(18-14-28)22-24-7-2-5-11-29(12-16-33-23-34-20-24)35-30(37)26-9-4-3-8-25(19-26)27-10-6-15-32-21-27/h2,4,6-10,15,19-21,23,28-29,31H,3,5,11-14,16-18,22H2,1H3,(H,33,34)(H,35,37)/b7-2-,24-20+. The molecule has 37 heavy (non-hydrogen) atoms. The second-order valence-corrected chi connectivity index (χ2v) is 9.84. The van der Waals surface area contributed by atoms with Gasteiger partial charge < -0.3 is 16.0 Å². The number of hydrogen-bond donors (Lipinski definition) is 3. The van der Waals surface area contributed by atoms with E-state index < -0.39 is 0 Å². The van der Waals surface area contributed by atoms with Crippen LogP contribution in [0.25, 0.3) is 5.57 Å². The fraction of sp³-hybridized carbons (Fsp3) is 0.433. The van der Waals surface area contributed by atoms with E-state index in [1.54, 1.807) is 12.5 Å². The summed E-state index contributed by atoms with van der Waals surface area (Å²) in [5.41, 5.74) is 3.96. The first-order valence-electron chi connectivity index (χ1n) is 13.5. The summed E-state index contributed by atoms with van der Waals surface area (Å²) in [6.45, 7) is 3.82. The molecule has 0 radical (unpaired) electrons. The monoisotopic (exact) mass is 500 g/mol. The number of carbonyl (C=O) groups is 1. The molecule has 4 rings (SSSR count). The first-order valence-corrected chi connectivity index (χ1v) is 13.5. The molecule has 0 saturated carbocycles. The minimum atomic E-state index is -0.0401. The van der Waals surface area contributed by atoms with Crippen molar-refractivity contribution in [3.8, 4) is 0 Å². The Hall–Kier alpha value is -3.29. The molecule has 1 saturated heterocycles. The average Bonchev–Trinajstić information content (AvgIpc) is 3.19. The average molecular weight is 501 g/mol. The highest BCUT2D eigenvalue weighted by Gasteiger charge is 2.18. The van der Waals surface area contributed by atoms with Gasteiger partial charge in [0.25, 0.3) is 5.91 Å². The number of amides is 1. The molecule has 7 heteroatoms. The molecule has 2 aliphatic heterocycles. The van der Waals surface area contributed by atoms with Crippen LogP contribution < -0.4 is 16.0 Å². The third-order valence-corrected chi connectivity index (χ3v) is 7.13. The maximum Gasteiger partial charge on any atom is 0.251 e. The van der Waals surface area contributed by atoms with Gasteiger partial charge in [0.15, 0.2) is 0 Å². The molecule has 7 nitrogen and oxygen atoms in total. The van der Waals surface area contributed by atoms with E-state index in [0.717, 1.165) is 56.5 Å². The lowest BCUT2D eigenvalue weighted by Gasteiger charge is -2.32. The van der Waals surface area contributed by atoms with Gasteiger partial charge in [-0.25, -0.2) is 0 Å². The maximum atomic E-state index is 13.2. The van der Waals surface area contributed by atoms with Crippen molar-refractivity contribution in [2.75, 3.05) is 33.2 Å². The van der Waals surface area contributed by atoms with E-state index >= 15 is 0 Å². The highest BCUT2D eigenvalue weighted by Crippen LogP contribution is 2.21. The molecule has 1 fully saturated rings. The van der Waals surface area contributed by atoms with Crippen molar-refractivity contribution >= 4 is 17.8 Å². The second kappa shape index (κ2) is 14.4. The molecule has 0 aromatic carbocycles. The number of rotatable bonds is 6. The number of nitrogens with one attached hydrogen (secondary N) is 3. The van der Waals surface area contributed by atoms with Gasteiger partial charge in [0.05, 0.1) is 6.34 Å². The molecule has 3 heterocycles. The number of hydrogen-bond acceptors (Lipinski definition) is 6. The number of aliphatic imine (C=N–C) groups is 1. The Balaban J connectivity index is 1.35. The highest BCUT2D eigenvalue weighted by atomic mass is 16.1. The SMILES string of the molecule is CNC1CCN(CC2=C/NC=NCCC(NC(=O)C3=CC(c4cccnc4)=CCC=C3)CC/C=C\2)CC1. The summed E-state index contributed by atoms with van der Waals surface area (Å²) < 4.78 is 0. The molecular weight excluding hydrogens is 460 g/mol. The van der Waals surface area contributed by atoms with E-state index in [0.29, 0.717) is 18.2 Å². The van der Waals surface area contributed by atoms with Gasteiger partial charge >= 0.3 is 0 Å². The quantitative estimate of drug-likeness (QED) is 0.554. The Bertz CT molecular complexity index is 1060. The maximum absolute atomic E-state index is 13.2. The molecule has 1 amide bonds. The third-order valence-electron chi connectivity index (χ3n) is 7.13. The first kappa shape index (κ1) is 26.8. The number of piperidine rings is 1. The van der Waals surface area contributed by atoms with Gasteiger partial charge in [-0.15, -0.1) is 0 Å².